The first-order valence-electron chi connectivity index (χ1n) is 6.49. The van der Waals surface area contributed by atoms with Gasteiger partial charge in [-0.15, -0.1) is 0 Å². The lowest BCUT2D eigenvalue weighted by Crippen LogP contribution is -2.46. The van der Waals surface area contributed by atoms with Crippen LogP contribution in [0.4, 0.5) is 0 Å². The number of hydrogen-bond donors (Lipinski definition) is 1. The smallest absolute Gasteiger partial charge is 0.239 e. The van der Waals surface area contributed by atoms with Crippen LogP contribution in [0.5, 0.6) is 0 Å². The van der Waals surface area contributed by atoms with E-state index >= 15 is 0 Å². The molecule has 1 aromatic carbocycles. The highest BCUT2D eigenvalue weighted by Gasteiger charge is 2.23. The summed E-state index contributed by atoms with van der Waals surface area (Å²) >= 11 is 11.9. The van der Waals surface area contributed by atoms with Crippen LogP contribution >= 0.6 is 23.2 Å². The van der Waals surface area contributed by atoms with Crippen molar-refractivity contribution in [3.05, 3.63) is 33.8 Å². The molecule has 1 aliphatic rings. The Morgan fingerprint density at radius 2 is 2.00 bits per heavy atom. The normalized spacial score (nSPS) is 19.2. The van der Waals surface area contributed by atoms with Crippen molar-refractivity contribution in [3.63, 3.8) is 0 Å². The summed E-state index contributed by atoms with van der Waals surface area (Å²) in [6.45, 7) is 1.45. The fourth-order valence-corrected chi connectivity index (χ4v) is 2.95. The fraction of sp³-hybridized carbons (Fsp3) is 0.500. The van der Waals surface area contributed by atoms with Crippen LogP contribution in [0.1, 0.15) is 24.8 Å². The average molecular weight is 301 g/mol. The first-order chi connectivity index (χ1) is 9.06. The summed E-state index contributed by atoms with van der Waals surface area (Å²) < 4.78 is 0. The third-order valence-corrected chi connectivity index (χ3v) is 3.76. The molecule has 0 bridgehead atoms. The molecule has 0 radical (unpaired) electrons. The van der Waals surface area contributed by atoms with Gasteiger partial charge in [-0.1, -0.05) is 29.6 Å². The Hall–Kier alpha value is -0.770. The van der Waals surface area contributed by atoms with E-state index in [1.54, 1.807) is 11.0 Å². The van der Waals surface area contributed by atoms with E-state index in [0.29, 0.717) is 16.6 Å². The number of amides is 1. The van der Waals surface area contributed by atoms with Crippen LogP contribution in [0.2, 0.25) is 10.0 Å². The monoisotopic (exact) mass is 300 g/mol. The molecule has 1 amide bonds. The highest BCUT2D eigenvalue weighted by Crippen LogP contribution is 2.20. The van der Waals surface area contributed by atoms with Crippen molar-refractivity contribution >= 4 is 29.1 Å². The second kappa shape index (κ2) is 6.60. The number of halogens is 2. The van der Waals surface area contributed by atoms with Crippen LogP contribution in [0.3, 0.4) is 0 Å². The number of benzene rings is 1. The number of likely N-dealkylation sites (N-methyl/N-ethyl adjacent to an activating group) is 1. The van der Waals surface area contributed by atoms with Crippen LogP contribution in [-0.4, -0.2) is 30.4 Å². The summed E-state index contributed by atoms with van der Waals surface area (Å²) in [6.07, 6.45) is 3.18. The second-order valence-electron chi connectivity index (χ2n) is 4.97. The molecule has 1 aromatic rings. The molecule has 1 N–H and O–H groups in total. The maximum Gasteiger partial charge on any atom is 0.239 e. The van der Waals surface area contributed by atoms with Crippen molar-refractivity contribution in [1.29, 1.82) is 0 Å². The molecule has 1 aliphatic heterocycles. The number of carbonyl (C=O) groups excluding carboxylic acids is 1. The van der Waals surface area contributed by atoms with E-state index in [4.69, 9.17) is 23.2 Å². The summed E-state index contributed by atoms with van der Waals surface area (Å²) in [6, 6.07) is 5.32. The van der Waals surface area contributed by atoms with Crippen LogP contribution < -0.4 is 5.32 Å². The van der Waals surface area contributed by atoms with Crippen LogP contribution in [0, 0.1) is 0 Å². The molecule has 1 heterocycles. The maximum atomic E-state index is 12.3. The lowest BCUT2D eigenvalue weighted by molar-refractivity contribution is -0.133. The molecule has 1 atom stereocenters. The molecule has 0 aromatic heterocycles. The summed E-state index contributed by atoms with van der Waals surface area (Å²) in [4.78, 5) is 14.0. The average Bonchev–Trinajstić information content (AvgIpc) is 2.37. The molecular weight excluding hydrogens is 283 g/mol. The third-order valence-electron chi connectivity index (χ3n) is 3.33. The van der Waals surface area contributed by atoms with Gasteiger partial charge in [0.2, 0.25) is 5.91 Å². The molecule has 3 nitrogen and oxygen atoms in total. The zero-order valence-corrected chi connectivity index (χ0v) is 12.5. The van der Waals surface area contributed by atoms with Gasteiger partial charge in [0.1, 0.15) is 0 Å². The van der Waals surface area contributed by atoms with Crippen molar-refractivity contribution < 1.29 is 4.79 Å². The standard InChI is InChI=1S/C14H18Cl2N2O/c1-18(14(19)13-4-2-3-5-17-13)9-10-6-11(15)8-12(16)7-10/h6-8,13,17H,2-5,9H2,1H3/t13-/m0/s1. The van der Waals surface area contributed by atoms with Gasteiger partial charge in [0.15, 0.2) is 0 Å². The van der Waals surface area contributed by atoms with Crippen molar-refractivity contribution in [2.24, 2.45) is 0 Å². The number of nitrogens with one attached hydrogen (secondary N) is 1. The topological polar surface area (TPSA) is 32.3 Å². The van der Waals surface area contributed by atoms with E-state index in [1.807, 2.05) is 19.2 Å². The number of carbonyl (C=O) groups is 1. The molecule has 1 saturated heterocycles. The van der Waals surface area contributed by atoms with Gasteiger partial charge in [-0.05, 0) is 43.1 Å². The molecular formula is C14H18Cl2N2O. The van der Waals surface area contributed by atoms with Crippen LogP contribution in [-0.2, 0) is 11.3 Å². The number of hydrogen-bond acceptors (Lipinski definition) is 2. The Morgan fingerprint density at radius 1 is 1.32 bits per heavy atom. The van der Waals surface area contributed by atoms with Crippen molar-refractivity contribution in [3.8, 4) is 0 Å². The van der Waals surface area contributed by atoms with Gasteiger partial charge in [0, 0.05) is 23.6 Å². The minimum absolute atomic E-state index is 0.0478. The Kier molecular flexibility index (Phi) is 5.08. The molecule has 0 aliphatic carbocycles. The SMILES string of the molecule is CN(Cc1cc(Cl)cc(Cl)c1)C(=O)[C@@H]1CCCCN1. The summed E-state index contributed by atoms with van der Waals surface area (Å²) in [5.74, 6) is 0.135. The van der Waals surface area contributed by atoms with E-state index in [2.05, 4.69) is 5.32 Å². The minimum atomic E-state index is -0.0478. The molecule has 104 valence electrons. The van der Waals surface area contributed by atoms with Gasteiger partial charge < -0.3 is 10.2 Å². The number of rotatable bonds is 3. The first-order valence-corrected chi connectivity index (χ1v) is 7.25. The molecule has 2 rings (SSSR count). The van der Waals surface area contributed by atoms with Crippen LogP contribution in [0.15, 0.2) is 18.2 Å². The highest BCUT2D eigenvalue weighted by molar-refractivity contribution is 6.34. The fourth-order valence-electron chi connectivity index (χ4n) is 2.38. The number of nitrogens with zero attached hydrogens (tertiary/aromatic N) is 1. The van der Waals surface area contributed by atoms with Crippen molar-refractivity contribution in [2.75, 3.05) is 13.6 Å². The molecule has 0 saturated carbocycles. The predicted molar refractivity (Wildman–Crippen MR) is 78.6 cm³/mol. The molecule has 1 fully saturated rings. The Balaban J connectivity index is 1.99. The van der Waals surface area contributed by atoms with E-state index in [9.17, 15) is 4.79 Å². The third kappa shape index (κ3) is 4.10. The van der Waals surface area contributed by atoms with Gasteiger partial charge in [-0.2, -0.15) is 0 Å². The Bertz CT molecular complexity index is 439. The molecule has 0 spiro atoms. The van der Waals surface area contributed by atoms with E-state index in [0.717, 1.165) is 31.4 Å². The minimum Gasteiger partial charge on any atom is -0.340 e. The molecule has 5 heteroatoms. The summed E-state index contributed by atoms with van der Waals surface area (Å²) in [7, 11) is 1.81. The quantitative estimate of drug-likeness (QED) is 0.930. The van der Waals surface area contributed by atoms with Gasteiger partial charge >= 0.3 is 0 Å². The van der Waals surface area contributed by atoms with Crippen molar-refractivity contribution in [2.45, 2.75) is 31.8 Å². The first kappa shape index (κ1) is 14.6. The van der Waals surface area contributed by atoms with Crippen molar-refractivity contribution in [1.82, 2.24) is 10.2 Å². The van der Waals surface area contributed by atoms with Gasteiger partial charge in [0.05, 0.1) is 6.04 Å². The second-order valence-corrected chi connectivity index (χ2v) is 5.85. The van der Waals surface area contributed by atoms with E-state index in [1.165, 1.54) is 0 Å². The number of piperidine rings is 1. The van der Waals surface area contributed by atoms with Gasteiger partial charge in [-0.25, -0.2) is 0 Å². The Morgan fingerprint density at radius 3 is 2.58 bits per heavy atom. The summed E-state index contributed by atoms with van der Waals surface area (Å²) in [5, 5.41) is 4.46. The zero-order valence-electron chi connectivity index (χ0n) is 11.0. The van der Waals surface area contributed by atoms with Gasteiger partial charge in [0.25, 0.3) is 0 Å². The molecule has 19 heavy (non-hydrogen) atoms. The lowest BCUT2D eigenvalue weighted by Gasteiger charge is -2.27. The maximum absolute atomic E-state index is 12.3. The zero-order chi connectivity index (χ0) is 13.8. The Labute approximate surface area is 123 Å². The summed E-state index contributed by atoms with van der Waals surface area (Å²) in [5.41, 5.74) is 0.948. The largest absolute Gasteiger partial charge is 0.340 e. The predicted octanol–water partition coefficient (Wildman–Crippen LogP) is 3.09. The van der Waals surface area contributed by atoms with E-state index in [-0.39, 0.29) is 11.9 Å². The van der Waals surface area contributed by atoms with Crippen LogP contribution in [0.25, 0.3) is 0 Å². The lowest BCUT2D eigenvalue weighted by atomic mass is 10.0. The molecule has 0 unspecified atom stereocenters. The van der Waals surface area contributed by atoms with E-state index < -0.39 is 0 Å². The van der Waals surface area contributed by atoms with Gasteiger partial charge in [-0.3, -0.25) is 4.79 Å². The highest BCUT2D eigenvalue weighted by atomic mass is 35.5.